The van der Waals surface area contributed by atoms with Crippen LogP contribution in [0.4, 0.5) is 8.78 Å². The molecule has 2 aromatic carbocycles. The Balaban J connectivity index is 2.10. The summed E-state index contributed by atoms with van der Waals surface area (Å²) in [6.45, 7) is 4.70. The van der Waals surface area contributed by atoms with E-state index >= 15 is 0 Å². The minimum absolute atomic E-state index is 0.0698. The molecule has 0 fully saturated rings. The van der Waals surface area contributed by atoms with Gasteiger partial charge in [0, 0.05) is 28.6 Å². The lowest BCUT2D eigenvalue weighted by atomic mass is 9.83. The molecular weight excluding hydrogens is 412 g/mol. The molecule has 0 bridgehead atoms. The lowest BCUT2D eigenvalue weighted by molar-refractivity contribution is -0.143. The summed E-state index contributed by atoms with van der Waals surface area (Å²) in [5, 5.41) is 0.423. The monoisotopic (exact) mass is 433 g/mol. The largest absolute Gasteiger partial charge is 0.460 e. The number of halogens is 3. The number of amides is 1. The average Bonchev–Trinajstić information content (AvgIpc) is 2.66. The van der Waals surface area contributed by atoms with Crippen LogP contribution < -0.4 is 0 Å². The van der Waals surface area contributed by atoms with Crippen molar-refractivity contribution < 1.29 is 23.1 Å². The maximum Gasteiger partial charge on any atom is 0.336 e. The number of esters is 1. The Kier molecular flexibility index (Phi) is 6.56. The summed E-state index contributed by atoms with van der Waals surface area (Å²) in [6.07, 6.45) is -0.445. The average molecular weight is 434 g/mol. The molecule has 3 rings (SSSR count). The first kappa shape index (κ1) is 22.0. The predicted molar refractivity (Wildman–Crippen MR) is 110 cm³/mol. The van der Waals surface area contributed by atoms with E-state index in [-0.39, 0.29) is 36.1 Å². The number of allylic oxidation sites excluding steroid dienone is 1. The van der Waals surface area contributed by atoms with Crippen molar-refractivity contribution in [1.82, 2.24) is 4.90 Å². The van der Waals surface area contributed by atoms with E-state index in [1.807, 2.05) is 0 Å². The number of carbonyl (C=O) groups excluding carboxylic acids is 2. The van der Waals surface area contributed by atoms with Crippen LogP contribution in [0.25, 0.3) is 0 Å². The smallest absolute Gasteiger partial charge is 0.336 e. The molecule has 1 amide bonds. The van der Waals surface area contributed by atoms with Gasteiger partial charge in [-0.25, -0.2) is 13.6 Å². The molecular formula is C23H22ClF2NO3. The van der Waals surface area contributed by atoms with E-state index < -0.39 is 23.5 Å². The third-order valence-electron chi connectivity index (χ3n) is 5.04. The zero-order valence-corrected chi connectivity index (χ0v) is 17.7. The molecule has 0 saturated heterocycles. The number of benzene rings is 2. The molecule has 0 N–H and O–H groups in total. The molecule has 0 aliphatic carbocycles. The SMILES string of the molecule is CC1=C(C(=O)OC(C)C)C(c2ccccc2Cl)CC(=O)N1Cc1c(F)cccc1F. The summed E-state index contributed by atoms with van der Waals surface area (Å²) >= 11 is 6.34. The van der Waals surface area contributed by atoms with Gasteiger partial charge in [0.25, 0.3) is 0 Å². The Hall–Kier alpha value is -2.73. The third-order valence-corrected chi connectivity index (χ3v) is 5.39. The van der Waals surface area contributed by atoms with Crippen LogP contribution in [0.5, 0.6) is 0 Å². The molecule has 1 atom stereocenters. The molecule has 0 aromatic heterocycles. The molecule has 1 unspecified atom stereocenters. The van der Waals surface area contributed by atoms with E-state index in [0.717, 1.165) is 12.1 Å². The fraction of sp³-hybridized carbons (Fsp3) is 0.304. The standard InChI is InChI=1S/C23H22ClF2NO3/c1-13(2)30-23(29)22-14(3)27(12-17-19(25)9-6-10-20(17)26)21(28)11-16(22)15-7-4-5-8-18(15)24/h4-10,13,16H,11-12H2,1-3H3. The summed E-state index contributed by atoms with van der Waals surface area (Å²) in [6, 6.07) is 10.5. The van der Waals surface area contributed by atoms with Crippen LogP contribution in [0.1, 0.15) is 44.2 Å². The minimum atomic E-state index is -0.755. The zero-order chi connectivity index (χ0) is 22.0. The van der Waals surface area contributed by atoms with E-state index in [2.05, 4.69) is 0 Å². The van der Waals surface area contributed by atoms with E-state index in [1.54, 1.807) is 45.0 Å². The second-order valence-electron chi connectivity index (χ2n) is 7.41. The zero-order valence-electron chi connectivity index (χ0n) is 16.9. The van der Waals surface area contributed by atoms with Crippen molar-refractivity contribution in [2.75, 3.05) is 0 Å². The van der Waals surface area contributed by atoms with Crippen molar-refractivity contribution in [3.05, 3.63) is 81.5 Å². The molecule has 2 aromatic rings. The van der Waals surface area contributed by atoms with Gasteiger partial charge < -0.3 is 9.64 Å². The highest BCUT2D eigenvalue weighted by molar-refractivity contribution is 6.31. The van der Waals surface area contributed by atoms with Crippen molar-refractivity contribution in [2.45, 2.75) is 45.8 Å². The summed E-state index contributed by atoms with van der Waals surface area (Å²) in [4.78, 5) is 27.1. The van der Waals surface area contributed by atoms with Gasteiger partial charge in [-0.1, -0.05) is 35.9 Å². The fourth-order valence-electron chi connectivity index (χ4n) is 3.61. The Bertz CT molecular complexity index is 999. The molecule has 30 heavy (non-hydrogen) atoms. The van der Waals surface area contributed by atoms with Gasteiger partial charge in [-0.3, -0.25) is 4.79 Å². The van der Waals surface area contributed by atoms with Crippen LogP contribution in [0.2, 0.25) is 5.02 Å². The van der Waals surface area contributed by atoms with Crippen molar-refractivity contribution in [1.29, 1.82) is 0 Å². The van der Waals surface area contributed by atoms with Gasteiger partial charge in [-0.2, -0.15) is 0 Å². The number of hydrogen-bond donors (Lipinski definition) is 0. The first-order valence-electron chi connectivity index (χ1n) is 9.60. The van der Waals surface area contributed by atoms with E-state index in [9.17, 15) is 18.4 Å². The lowest BCUT2D eigenvalue weighted by Crippen LogP contribution is -2.38. The highest BCUT2D eigenvalue weighted by Crippen LogP contribution is 2.40. The van der Waals surface area contributed by atoms with Crippen LogP contribution >= 0.6 is 11.6 Å². The Morgan fingerprint density at radius 1 is 1.17 bits per heavy atom. The highest BCUT2D eigenvalue weighted by Gasteiger charge is 2.38. The Morgan fingerprint density at radius 2 is 1.80 bits per heavy atom. The maximum absolute atomic E-state index is 14.2. The number of ether oxygens (including phenoxy) is 1. The van der Waals surface area contributed by atoms with Gasteiger partial charge in [0.15, 0.2) is 0 Å². The van der Waals surface area contributed by atoms with Crippen LogP contribution in [-0.4, -0.2) is 22.9 Å². The first-order chi connectivity index (χ1) is 14.2. The third kappa shape index (κ3) is 4.38. The van der Waals surface area contributed by atoms with Crippen molar-refractivity contribution in [3.63, 3.8) is 0 Å². The van der Waals surface area contributed by atoms with Crippen LogP contribution in [-0.2, 0) is 20.9 Å². The van der Waals surface area contributed by atoms with Gasteiger partial charge in [-0.05, 0) is 44.5 Å². The summed E-state index contributed by atoms with van der Waals surface area (Å²) in [5.74, 6) is -3.07. The topological polar surface area (TPSA) is 46.6 Å². The van der Waals surface area contributed by atoms with Crippen LogP contribution in [0, 0.1) is 11.6 Å². The number of carbonyl (C=O) groups is 2. The van der Waals surface area contributed by atoms with Crippen molar-refractivity contribution >= 4 is 23.5 Å². The molecule has 1 aliphatic rings. The second kappa shape index (κ2) is 8.96. The van der Waals surface area contributed by atoms with Gasteiger partial charge >= 0.3 is 5.97 Å². The maximum atomic E-state index is 14.2. The van der Waals surface area contributed by atoms with Gasteiger partial charge in [0.05, 0.1) is 18.2 Å². The summed E-state index contributed by atoms with van der Waals surface area (Å²) < 4.78 is 33.8. The molecule has 1 heterocycles. The van der Waals surface area contributed by atoms with E-state index in [4.69, 9.17) is 16.3 Å². The Labute approximate surface area is 179 Å². The van der Waals surface area contributed by atoms with Crippen LogP contribution in [0.3, 0.4) is 0 Å². The number of hydrogen-bond acceptors (Lipinski definition) is 3. The van der Waals surface area contributed by atoms with Gasteiger partial charge in [0.1, 0.15) is 11.6 Å². The van der Waals surface area contributed by atoms with E-state index in [0.29, 0.717) is 16.3 Å². The molecule has 0 radical (unpaired) electrons. The summed E-state index contributed by atoms with van der Waals surface area (Å²) in [5.41, 5.74) is 0.940. The molecule has 4 nitrogen and oxygen atoms in total. The van der Waals surface area contributed by atoms with Gasteiger partial charge in [-0.15, -0.1) is 0 Å². The predicted octanol–water partition coefficient (Wildman–Crippen LogP) is 5.36. The molecule has 0 spiro atoms. The second-order valence-corrected chi connectivity index (χ2v) is 7.82. The minimum Gasteiger partial charge on any atom is -0.460 e. The quantitative estimate of drug-likeness (QED) is 0.596. The molecule has 1 aliphatic heterocycles. The van der Waals surface area contributed by atoms with E-state index in [1.165, 1.54) is 11.0 Å². The highest BCUT2D eigenvalue weighted by atomic mass is 35.5. The number of nitrogens with zero attached hydrogens (tertiary/aromatic N) is 1. The summed E-state index contributed by atoms with van der Waals surface area (Å²) in [7, 11) is 0. The van der Waals surface area contributed by atoms with Crippen LogP contribution in [0.15, 0.2) is 53.7 Å². The van der Waals surface area contributed by atoms with Crippen molar-refractivity contribution in [2.24, 2.45) is 0 Å². The first-order valence-corrected chi connectivity index (χ1v) is 9.98. The lowest BCUT2D eigenvalue weighted by Gasteiger charge is -2.35. The molecule has 0 saturated carbocycles. The van der Waals surface area contributed by atoms with Crippen molar-refractivity contribution in [3.8, 4) is 0 Å². The van der Waals surface area contributed by atoms with Gasteiger partial charge in [0.2, 0.25) is 5.91 Å². The molecule has 158 valence electrons. The number of rotatable bonds is 5. The Morgan fingerprint density at radius 3 is 2.40 bits per heavy atom. The molecule has 7 heteroatoms. The fourth-order valence-corrected chi connectivity index (χ4v) is 3.88. The normalized spacial score (nSPS) is 17.0.